The van der Waals surface area contributed by atoms with Crippen molar-refractivity contribution in [1.82, 2.24) is 24.3 Å². The van der Waals surface area contributed by atoms with Gasteiger partial charge in [0.15, 0.2) is 0 Å². The second-order valence-corrected chi connectivity index (χ2v) is 7.34. The largest absolute Gasteiger partial charge is 0.494 e. The highest BCUT2D eigenvalue weighted by Gasteiger charge is 2.29. The summed E-state index contributed by atoms with van der Waals surface area (Å²) in [6.07, 6.45) is -2.07. The van der Waals surface area contributed by atoms with Gasteiger partial charge in [0, 0.05) is 18.0 Å². The molecule has 0 radical (unpaired) electrons. The van der Waals surface area contributed by atoms with E-state index < -0.39 is 25.8 Å². The molecular weight excluding hydrogens is 465 g/mol. The van der Waals surface area contributed by atoms with Crippen LogP contribution in [0.1, 0.15) is 5.56 Å². The number of halogens is 5. The van der Waals surface area contributed by atoms with Gasteiger partial charge >= 0.3 is 6.18 Å². The second-order valence-electron chi connectivity index (χ2n) is 7.34. The number of alkyl halides is 5. The van der Waals surface area contributed by atoms with Crippen molar-refractivity contribution in [3.8, 4) is 34.5 Å². The molecule has 4 heterocycles. The predicted molar refractivity (Wildman–Crippen MR) is 111 cm³/mol. The number of aromatic nitrogens is 5. The van der Waals surface area contributed by atoms with Gasteiger partial charge in [-0.2, -0.15) is 18.3 Å². The molecule has 0 spiro atoms. The van der Waals surface area contributed by atoms with Crippen molar-refractivity contribution in [2.24, 2.45) is 0 Å². The second kappa shape index (κ2) is 8.80. The number of nitrogens with zero attached hydrogens (tertiary/aromatic N) is 5. The molecule has 0 aliphatic heterocycles. The number of hydrogen-bond donors (Lipinski definition) is 1. The minimum atomic E-state index is -4.47. The Morgan fingerprint density at radius 3 is 2.59 bits per heavy atom. The first-order valence-corrected chi connectivity index (χ1v) is 9.82. The molecule has 0 fully saturated rings. The summed E-state index contributed by atoms with van der Waals surface area (Å²) in [7, 11) is 1.33. The molecule has 0 unspecified atom stereocenters. The first-order valence-electron chi connectivity index (χ1n) is 9.82. The Hall–Kier alpha value is -3.90. The maximum absolute atomic E-state index is 12.7. The number of ether oxygens (including phenoxy) is 2. The van der Waals surface area contributed by atoms with E-state index in [-0.39, 0.29) is 28.7 Å². The molecule has 4 rings (SSSR count). The first-order chi connectivity index (χ1) is 16.1. The van der Waals surface area contributed by atoms with E-state index >= 15 is 0 Å². The maximum Gasteiger partial charge on any atom is 0.408 e. The van der Waals surface area contributed by atoms with Crippen molar-refractivity contribution in [3.05, 3.63) is 42.5 Å². The number of aryl methyl sites for hydroxylation is 1. The molecule has 13 heteroatoms. The van der Waals surface area contributed by atoms with E-state index in [1.54, 1.807) is 13.0 Å². The Balaban J connectivity index is 1.80. The summed E-state index contributed by atoms with van der Waals surface area (Å²) in [5.74, 6) is -0.0917. The van der Waals surface area contributed by atoms with E-state index in [1.165, 1.54) is 30.1 Å². The van der Waals surface area contributed by atoms with Gasteiger partial charge < -0.3 is 14.6 Å². The molecule has 0 saturated carbocycles. The van der Waals surface area contributed by atoms with Crippen LogP contribution >= 0.6 is 0 Å². The van der Waals surface area contributed by atoms with Gasteiger partial charge in [-0.15, -0.1) is 0 Å². The Kier molecular flexibility index (Phi) is 6.02. The van der Waals surface area contributed by atoms with Gasteiger partial charge in [0.1, 0.15) is 24.4 Å². The minimum Gasteiger partial charge on any atom is -0.494 e. The van der Waals surface area contributed by atoms with Crippen molar-refractivity contribution in [1.29, 1.82) is 0 Å². The fourth-order valence-corrected chi connectivity index (χ4v) is 3.53. The zero-order valence-electron chi connectivity index (χ0n) is 17.8. The van der Waals surface area contributed by atoms with Crippen LogP contribution in [-0.4, -0.2) is 55.7 Å². The Labute approximate surface area is 189 Å². The van der Waals surface area contributed by atoms with Gasteiger partial charge in [0.05, 0.1) is 36.3 Å². The summed E-state index contributed by atoms with van der Waals surface area (Å²) >= 11 is 0. The quantitative estimate of drug-likeness (QED) is 0.389. The lowest BCUT2D eigenvalue weighted by Gasteiger charge is -2.08. The van der Waals surface area contributed by atoms with Gasteiger partial charge in [-0.3, -0.25) is 9.67 Å². The van der Waals surface area contributed by atoms with E-state index in [0.29, 0.717) is 26.9 Å². The topological polar surface area (TPSA) is 87.2 Å². The lowest BCUT2D eigenvalue weighted by molar-refractivity contribution is -0.142. The Bertz CT molecular complexity index is 1330. The fourth-order valence-electron chi connectivity index (χ4n) is 3.53. The van der Waals surface area contributed by atoms with Crippen LogP contribution in [0.3, 0.4) is 0 Å². The lowest BCUT2D eigenvalue weighted by Crippen LogP contribution is -2.17. The van der Waals surface area contributed by atoms with Crippen molar-refractivity contribution in [2.75, 3.05) is 13.7 Å². The number of fused-ring (bicyclic) bond motifs is 1. The Morgan fingerprint density at radius 2 is 1.91 bits per heavy atom. The van der Waals surface area contributed by atoms with Crippen molar-refractivity contribution < 1.29 is 36.5 Å². The first kappa shape index (κ1) is 23.3. The molecule has 4 aromatic heterocycles. The summed E-state index contributed by atoms with van der Waals surface area (Å²) in [5, 5.41) is 14.9. The van der Waals surface area contributed by atoms with Gasteiger partial charge in [-0.05, 0) is 24.6 Å². The van der Waals surface area contributed by atoms with Gasteiger partial charge in [-0.25, -0.2) is 18.3 Å². The normalized spacial score (nSPS) is 12.0. The van der Waals surface area contributed by atoms with Crippen molar-refractivity contribution in [2.45, 2.75) is 26.1 Å². The molecule has 0 aliphatic carbocycles. The van der Waals surface area contributed by atoms with Crippen molar-refractivity contribution in [3.63, 3.8) is 0 Å². The molecule has 0 bridgehead atoms. The molecule has 4 aromatic rings. The molecule has 34 heavy (non-hydrogen) atoms. The van der Waals surface area contributed by atoms with Crippen LogP contribution < -0.4 is 9.47 Å². The van der Waals surface area contributed by atoms with E-state index in [2.05, 4.69) is 15.1 Å². The molecule has 1 N–H and O–H groups in total. The summed E-state index contributed by atoms with van der Waals surface area (Å²) in [6.45, 7) is -0.382. The molecule has 180 valence electrons. The molecule has 0 aromatic carbocycles. The van der Waals surface area contributed by atoms with Crippen LogP contribution in [0.5, 0.6) is 17.5 Å². The minimum absolute atomic E-state index is 0.0714. The highest BCUT2D eigenvalue weighted by atomic mass is 19.4. The van der Waals surface area contributed by atoms with Crippen molar-refractivity contribution >= 4 is 10.9 Å². The maximum atomic E-state index is 12.7. The van der Waals surface area contributed by atoms with E-state index in [0.717, 1.165) is 12.4 Å². The number of methoxy groups -OCH3 is 1. The number of pyridine rings is 2. The number of aromatic hydroxyl groups is 1. The highest BCUT2D eigenvalue weighted by Crippen LogP contribution is 2.41. The third-order valence-electron chi connectivity index (χ3n) is 4.86. The third kappa shape index (κ3) is 4.58. The molecular formula is C21H18F5N5O3. The average molecular weight is 483 g/mol. The van der Waals surface area contributed by atoms with Crippen LogP contribution in [0.15, 0.2) is 36.9 Å². The number of hydrogen-bond acceptors (Lipinski definition) is 6. The molecule has 8 nitrogen and oxygen atoms in total. The molecule has 0 saturated heterocycles. The van der Waals surface area contributed by atoms with Crippen LogP contribution in [0, 0.1) is 6.92 Å². The highest BCUT2D eigenvalue weighted by molar-refractivity contribution is 5.95. The van der Waals surface area contributed by atoms with Crippen LogP contribution in [-0.2, 0) is 6.54 Å². The predicted octanol–water partition coefficient (Wildman–Crippen LogP) is 4.51. The zero-order valence-corrected chi connectivity index (χ0v) is 17.8. The van der Waals surface area contributed by atoms with E-state index in [1.807, 2.05) is 0 Å². The monoisotopic (exact) mass is 483 g/mol. The molecule has 0 atom stereocenters. The summed E-state index contributed by atoms with van der Waals surface area (Å²) in [5.41, 5.74) is 1.81. The smallest absolute Gasteiger partial charge is 0.408 e. The standard InChI is InChI=1S/C21H18F5N5O3/c1-11-3-15(12-4-14(7-27-5-12)34-9-16(22)23)29-18-17(11)19(32)31(20(18)33-2)13-6-28-30(8-13)10-21(24,25)26/h3-8,16,32H,9-10H2,1-2H3. The average Bonchev–Trinajstić information content (AvgIpc) is 3.32. The summed E-state index contributed by atoms with van der Waals surface area (Å²) in [6, 6.07) is 3.14. The van der Waals surface area contributed by atoms with Crippen LogP contribution in [0.25, 0.3) is 27.8 Å². The zero-order chi connectivity index (χ0) is 24.6. The Morgan fingerprint density at radius 1 is 1.15 bits per heavy atom. The summed E-state index contributed by atoms with van der Waals surface area (Å²) < 4.78 is 75.4. The fraction of sp³-hybridized carbons (Fsp3) is 0.286. The molecule has 0 amide bonds. The number of rotatable bonds is 7. The van der Waals surface area contributed by atoms with Crippen LogP contribution in [0.4, 0.5) is 22.0 Å². The SMILES string of the molecule is COc1c2nc(-c3cncc(OCC(F)F)c3)cc(C)c2c(O)n1-c1cnn(CC(F)(F)F)c1. The van der Waals surface area contributed by atoms with E-state index in [4.69, 9.17) is 9.47 Å². The molecule has 0 aliphatic rings. The van der Waals surface area contributed by atoms with Gasteiger partial charge in [0.2, 0.25) is 11.8 Å². The van der Waals surface area contributed by atoms with Crippen LogP contribution in [0.2, 0.25) is 0 Å². The van der Waals surface area contributed by atoms with E-state index in [9.17, 15) is 27.1 Å². The lowest BCUT2D eigenvalue weighted by atomic mass is 10.1. The van der Waals surface area contributed by atoms with Gasteiger partial charge in [0.25, 0.3) is 6.43 Å². The summed E-state index contributed by atoms with van der Waals surface area (Å²) in [4.78, 5) is 8.52. The third-order valence-corrected chi connectivity index (χ3v) is 4.86. The van der Waals surface area contributed by atoms with Gasteiger partial charge in [-0.1, -0.05) is 0 Å².